The number of rotatable bonds is 5. The smallest absolute Gasteiger partial charge is 0.416 e. The number of aromatic carboxylic acids is 1. The fourth-order valence-corrected chi connectivity index (χ4v) is 8.96. The van der Waals surface area contributed by atoms with Crippen molar-refractivity contribution in [2.75, 3.05) is 6.54 Å². The quantitative estimate of drug-likeness (QED) is 0.336. The number of benzene rings is 2. The van der Waals surface area contributed by atoms with E-state index in [-0.39, 0.29) is 34.8 Å². The van der Waals surface area contributed by atoms with Gasteiger partial charge in [-0.1, -0.05) is 30.3 Å². The molecule has 1 saturated carbocycles. The van der Waals surface area contributed by atoms with Gasteiger partial charge in [-0.15, -0.1) is 5.10 Å². The molecular formula is C30H29F3N6O4S. The first kappa shape index (κ1) is 28.7. The summed E-state index contributed by atoms with van der Waals surface area (Å²) >= 11 is 0. The number of fused-ring (bicyclic) bond motifs is 2. The first-order valence-electron chi connectivity index (χ1n) is 14.4. The van der Waals surface area contributed by atoms with Gasteiger partial charge in [0, 0.05) is 31.6 Å². The topological polar surface area (TPSA) is 123 Å². The van der Waals surface area contributed by atoms with Crippen molar-refractivity contribution in [3.8, 4) is 5.69 Å². The Hall–Kier alpha value is -4.04. The summed E-state index contributed by atoms with van der Waals surface area (Å²) in [5, 5.41) is 22.7. The average Bonchev–Trinajstić information content (AvgIpc) is 3.27. The van der Waals surface area contributed by atoms with Crippen LogP contribution in [0.4, 0.5) is 13.2 Å². The van der Waals surface area contributed by atoms with Crippen molar-refractivity contribution in [3.63, 3.8) is 0 Å². The number of hydrogen-bond acceptors (Lipinski definition) is 6. The Morgan fingerprint density at radius 1 is 1.14 bits per heavy atom. The number of aromatic nitrogens is 5. The Labute approximate surface area is 251 Å². The number of aryl methyl sites for hydroxylation is 1. The molecule has 10 nitrogen and oxygen atoms in total. The van der Waals surface area contributed by atoms with E-state index in [1.165, 1.54) is 16.6 Å². The number of nitrogens with zero attached hydrogens (tertiary/aromatic N) is 6. The van der Waals surface area contributed by atoms with Crippen LogP contribution in [-0.2, 0) is 36.1 Å². The summed E-state index contributed by atoms with van der Waals surface area (Å²) in [4.78, 5) is 11.9. The van der Waals surface area contributed by atoms with Crippen molar-refractivity contribution in [2.45, 2.75) is 61.6 Å². The van der Waals surface area contributed by atoms with Crippen LogP contribution in [0.25, 0.3) is 5.69 Å². The zero-order chi connectivity index (χ0) is 31.1. The molecule has 44 heavy (non-hydrogen) atoms. The van der Waals surface area contributed by atoms with Crippen molar-refractivity contribution in [1.82, 2.24) is 29.1 Å². The lowest BCUT2D eigenvalue weighted by Gasteiger charge is -2.29. The van der Waals surface area contributed by atoms with Crippen molar-refractivity contribution in [1.29, 1.82) is 0 Å². The minimum Gasteiger partial charge on any atom is -0.478 e. The lowest BCUT2D eigenvalue weighted by molar-refractivity contribution is -0.137. The third-order valence-electron chi connectivity index (χ3n) is 9.01. The van der Waals surface area contributed by atoms with Gasteiger partial charge in [0.25, 0.3) is 0 Å². The molecule has 2 aromatic carbocycles. The van der Waals surface area contributed by atoms with Crippen molar-refractivity contribution in [2.24, 2.45) is 13.0 Å². The second-order valence-electron chi connectivity index (χ2n) is 12.0. The summed E-state index contributed by atoms with van der Waals surface area (Å²) in [6.45, 7) is 2.05. The maximum absolute atomic E-state index is 14.1. The Kier molecular flexibility index (Phi) is 6.52. The largest absolute Gasteiger partial charge is 0.478 e. The SMILES string of the molecule is C[C@H]1Cc2ccc(C(F)(F)F)cc2S(=O)(=O)N([C@H]2CCc3c2cccc3-n2ncc(C(=O)O)c2[C@@H]2C[C@H]2c2cn(C)nn2)C1. The molecule has 4 atom stereocenters. The molecule has 2 aliphatic carbocycles. The van der Waals surface area contributed by atoms with Gasteiger partial charge in [0.15, 0.2) is 0 Å². The molecule has 3 aliphatic rings. The lowest BCUT2D eigenvalue weighted by atomic mass is 9.99. The molecule has 0 bridgehead atoms. The fourth-order valence-electron chi connectivity index (χ4n) is 6.95. The predicted molar refractivity (Wildman–Crippen MR) is 151 cm³/mol. The van der Waals surface area contributed by atoms with Crippen LogP contribution >= 0.6 is 0 Å². The molecule has 1 aliphatic heterocycles. The van der Waals surface area contributed by atoms with Gasteiger partial charge in [-0.3, -0.25) is 4.68 Å². The molecule has 0 amide bonds. The summed E-state index contributed by atoms with van der Waals surface area (Å²) in [5.41, 5.74) is 3.05. The predicted octanol–water partition coefficient (Wildman–Crippen LogP) is 4.86. The maximum Gasteiger partial charge on any atom is 0.416 e. The van der Waals surface area contributed by atoms with Gasteiger partial charge < -0.3 is 5.11 Å². The van der Waals surface area contributed by atoms with Crippen LogP contribution in [0.15, 0.2) is 53.7 Å². The second kappa shape index (κ2) is 9.99. The highest BCUT2D eigenvalue weighted by Gasteiger charge is 2.47. The summed E-state index contributed by atoms with van der Waals surface area (Å²) in [7, 11) is -2.51. The van der Waals surface area contributed by atoms with Crippen LogP contribution in [0.2, 0.25) is 0 Å². The van der Waals surface area contributed by atoms with Crippen LogP contribution < -0.4 is 0 Å². The number of carboxylic acids is 1. The van der Waals surface area contributed by atoms with Crippen molar-refractivity contribution in [3.05, 3.63) is 88.0 Å². The highest BCUT2D eigenvalue weighted by Crippen LogP contribution is 2.55. The van der Waals surface area contributed by atoms with E-state index in [2.05, 4.69) is 15.4 Å². The molecule has 7 rings (SSSR count). The third kappa shape index (κ3) is 4.62. The van der Waals surface area contributed by atoms with Crippen molar-refractivity contribution < 1.29 is 31.5 Å². The lowest BCUT2D eigenvalue weighted by Crippen LogP contribution is -2.36. The van der Waals surface area contributed by atoms with Gasteiger partial charge in [-0.25, -0.2) is 17.9 Å². The Morgan fingerprint density at radius 2 is 1.93 bits per heavy atom. The molecule has 1 fully saturated rings. The van der Waals surface area contributed by atoms with E-state index in [0.717, 1.165) is 29.0 Å². The zero-order valence-electron chi connectivity index (χ0n) is 23.9. The summed E-state index contributed by atoms with van der Waals surface area (Å²) in [6.07, 6.45) is 0.427. The van der Waals surface area contributed by atoms with Crippen LogP contribution in [0, 0.1) is 5.92 Å². The highest BCUT2D eigenvalue weighted by molar-refractivity contribution is 7.89. The minimum absolute atomic E-state index is 0.00727. The van der Waals surface area contributed by atoms with E-state index in [9.17, 15) is 31.5 Å². The fraction of sp³-hybridized carbons (Fsp3) is 0.400. The molecule has 2 aromatic heterocycles. The molecule has 4 aromatic rings. The summed E-state index contributed by atoms with van der Waals surface area (Å²) in [5.74, 6) is -1.37. The van der Waals surface area contributed by atoms with Gasteiger partial charge in [0.1, 0.15) is 5.56 Å². The van der Waals surface area contributed by atoms with Gasteiger partial charge in [0.2, 0.25) is 10.0 Å². The number of halogens is 3. The van der Waals surface area contributed by atoms with Crippen molar-refractivity contribution >= 4 is 16.0 Å². The molecule has 0 spiro atoms. The first-order chi connectivity index (χ1) is 20.8. The van der Waals surface area contributed by atoms with Crippen LogP contribution in [-0.4, -0.2) is 55.1 Å². The zero-order valence-corrected chi connectivity index (χ0v) is 24.7. The number of alkyl halides is 3. The molecule has 3 heterocycles. The van der Waals surface area contributed by atoms with E-state index in [1.807, 2.05) is 25.3 Å². The third-order valence-corrected chi connectivity index (χ3v) is 11.0. The minimum atomic E-state index is -4.67. The Morgan fingerprint density at radius 3 is 2.64 bits per heavy atom. The van der Waals surface area contributed by atoms with E-state index in [0.29, 0.717) is 42.6 Å². The highest BCUT2D eigenvalue weighted by atomic mass is 32.2. The van der Waals surface area contributed by atoms with Crippen LogP contribution in [0.3, 0.4) is 0 Å². The molecule has 230 valence electrons. The number of sulfonamides is 1. The van der Waals surface area contributed by atoms with E-state index in [1.54, 1.807) is 22.5 Å². The Balaban J connectivity index is 1.29. The van der Waals surface area contributed by atoms with Crippen LogP contribution in [0.1, 0.15) is 81.6 Å². The Bertz CT molecular complexity index is 1920. The van der Waals surface area contributed by atoms with Gasteiger partial charge in [-0.05, 0) is 66.5 Å². The van der Waals surface area contributed by atoms with Gasteiger partial charge in [-0.2, -0.15) is 22.6 Å². The monoisotopic (exact) mass is 626 g/mol. The summed E-state index contributed by atoms with van der Waals surface area (Å²) < 4.78 is 73.5. The second-order valence-corrected chi connectivity index (χ2v) is 13.9. The van der Waals surface area contributed by atoms with E-state index >= 15 is 0 Å². The number of hydrogen-bond donors (Lipinski definition) is 1. The molecule has 0 unspecified atom stereocenters. The van der Waals surface area contributed by atoms with Gasteiger partial charge >= 0.3 is 12.1 Å². The normalized spacial score (nSPS) is 24.5. The standard InChI is InChI=1S/C30H29F3N6O4S/c1-16-10-17-6-7-18(30(31,32)33)11-27(17)44(42,43)38(14-16)25-9-8-20-19(25)4-3-5-26(20)39-28(23(13-34-39)29(40)41)22-12-21(22)24-15-37(2)36-35-24/h3-7,11,13,15-16,21-22,25H,8-10,12,14H2,1-2H3,(H,40,41)/t16-,21+,22+,25-/m0/s1. The summed E-state index contributed by atoms with van der Waals surface area (Å²) in [6, 6.07) is 7.86. The van der Waals surface area contributed by atoms with Gasteiger partial charge in [0.05, 0.1) is 39.8 Å². The first-order valence-corrected chi connectivity index (χ1v) is 15.8. The maximum atomic E-state index is 14.1. The molecule has 0 radical (unpaired) electrons. The van der Waals surface area contributed by atoms with E-state index in [4.69, 9.17) is 0 Å². The number of carboxylic acid groups (broad SMARTS) is 1. The average molecular weight is 627 g/mol. The number of carbonyl (C=O) groups is 1. The molecule has 1 N–H and O–H groups in total. The van der Waals surface area contributed by atoms with Crippen LogP contribution in [0.5, 0.6) is 0 Å². The van der Waals surface area contributed by atoms with E-state index < -0.39 is 33.8 Å². The molecule has 0 saturated heterocycles. The molecule has 14 heteroatoms. The molecular weight excluding hydrogens is 597 g/mol.